The smallest absolute Gasteiger partial charge is 0 e. The van der Waals surface area contributed by atoms with Gasteiger partial charge in [0.15, 0.2) is 5.78 Å². The van der Waals surface area contributed by atoms with Gasteiger partial charge in [-0.2, -0.15) is 0 Å². The molecule has 5 heterocycles. The van der Waals surface area contributed by atoms with Crippen LogP contribution in [0.3, 0.4) is 0 Å². The SMILES string of the molecule is CC(C)(C)C(=O)Nc1cccc(Br)n1.CN1CCC(C(=O)N2CCCC2)CC1.CN1CCC(C(=O)c2cccc(NC(=O)C(C)(C)C)n2)CC1.I[I-]I.[V]. The van der Waals surface area contributed by atoms with E-state index in [1.54, 1.807) is 24.3 Å². The van der Waals surface area contributed by atoms with E-state index in [2.05, 4.69) is 103 Å². The van der Waals surface area contributed by atoms with Crippen molar-refractivity contribution in [3.05, 3.63) is 46.7 Å². The number of Topliss-reactive ketones (excluding diaryl/α,β-unsaturated/α-hetero) is 1. The van der Waals surface area contributed by atoms with Gasteiger partial charge >= 0.3 is 50.5 Å². The molecule has 0 unspecified atom stereocenters. The molecular formula is C38H58BrI3N7O4V-. The third-order valence-corrected chi connectivity index (χ3v) is 9.58. The van der Waals surface area contributed by atoms with E-state index < -0.39 is 10.8 Å². The molecule has 5 rings (SSSR count). The van der Waals surface area contributed by atoms with E-state index in [-0.39, 0.29) is 42.1 Å². The molecule has 3 aliphatic heterocycles. The van der Waals surface area contributed by atoms with Crippen LogP contribution in [-0.2, 0) is 32.9 Å². The first-order valence-electron chi connectivity index (χ1n) is 18.1. The molecule has 0 saturated carbocycles. The van der Waals surface area contributed by atoms with E-state index in [9.17, 15) is 19.2 Å². The van der Waals surface area contributed by atoms with Crippen molar-refractivity contribution in [3.8, 4) is 0 Å². The number of amides is 3. The van der Waals surface area contributed by atoms with Crippen molar-refractivity contribution in [1.29, 1.82) is 0 Å². The maximum absolute atomic E-state index is 12.5. The number of aromatic nitrogens is 2. The van der Waals surface area contributed by atoms with E-state index in [0.717, 1.165) is 65.0 Å². The van der Waals surface area contributed by atoms with Crippen LogP contribution >= 0.6 is 53.2 Å². The predicted molar refractivity (Wildman–Crippen MR) is 231 cm³/mol. The van der Waals surface area contributed by atoms with Crippen LogP contribution < -0.4 is 23.9 Å². The number of carbonyl (C=O) groups is 4. The van der Waals surface area contributed by atoms with E-state index >= 15 is 0 Å². The molecule has 0 spiro atoms. The average molecular weight is 1190 g/mol. The van der Waals surface area contributed by atoms with Gasteiger partial charge in [0.05, 0.1) is 0 Å². The molecule has 0 bridgehead atoms. The van der Waals surface area contributed by atoms with Crippen LogP contribution in [0.5, 0.6) is 0 Å². The summed E-state index contributed by atoms with van der Waals surface area (Å²) in [6.07, 6.45) is 6.28. The second-order valence-electron chi connectivity index (χ2n) is 15.8. The maximum atomic E-state index is 12.5. The zero-order valence-corrected chi connectivity index (χ0v) is 42.4. The molecule has 3 saturated heterocycles. The third-order valence-electron chi connectivity index (χ3n) is 9.14. The number of carbonyl (C=O) groups excluding carboxylic acids is 4. The fraction of sp³-hybridized carbons (Fsp3) is 0.632. The molecule has 2 N–H and O–H groups in total. The summed E-state index contributed by atoms with van der Waals surface area (Å²) in [6, 6.07) is 10.6. The van der Waals surface area contributed by atoms with Crippen molar-refractivity contribution in [2.45, 2.75) is 80.1 Å². The van der Waals surface area contributed by atoms with E-state index in [4.69, 9.17) is 0 Å². The van der Waals surface area contributed by atoms with E-state index in [1.165, 1.54) is 12.8 Å². The number of nitrogens with zero attached hydrogens (tertiary/aromatic N) is 5. The van der Waals surface area contributed by atoms with Gasteiger partial charge in [-0.15, -0.1) is 0 Å². The van der Waals surface area contributed by atoms with Crippen LogP contribution in [0.2, 0.25) is 0 Å². The number of piperidine rings is 2. The first-order valence-corrected chi connectivity index (χ1v) is 31.5. The van der Waals surface area contributed by atoms with Crippen LogP contribution in [-0.4, -0.2) is 102 Å². The van der Waals surface area contributed by atoms with Crippen LogP contribution in [0.25, 0.3) is 0 Å². The van der Waals surface area contributed by atoms with Gasteiger partial charge in [-0.3, -0.25) is 19.2 Å². The first kappa shape index (κ1) is 51.6. The quantitative estimate of drug-likeness (QED) is 0.240. The summed E-state index contributed by atoms with van der Waals surface area (Å²) in [7, 11) is 4.21. The molecule has 3 amide bonds. The zero-order valence-electron chi connectivity index (χ0n) is 32.9. The summed E-state index contributed by atoms with van der Waals surface area (Å²) in [4.78, 5) is 63.2. The van der Waals surface area contributed by atoms with Crippen molar-refractivity contribution >= 4 is 88.3 Å². The number of nitrogens with one attached hydrogen (secondary N) is 2. The molecular weight excluding hydrogens is 1130 g/mol. The second-order valence-corrected chi connectivity index (χ2v) is 32.8. The van der Waals surface area contributed by atoms with Gasteiger partial charge in [0.1, 0.15) is 21.9 Å². The average Bonchev–Trinajstić information content (AvgIpc) is 3.64. The number of hydrogen-bond donors (Lipinski definition) is 2. The zero-order chi connectivity index (χ0) is 39.8. The molecule has 303 valence electrons. The molecule has 2 aromatic rings. The fourth-order valence-electron chi connectivity index (χ4n) is 5.66. The van der Waals surface area contributed by atoms with E-state index in [1.807, 2.05) is 53.7 Å². The largest absolute Gasteiger partial charge is 0 e. The maximum Gasteiger partial charge on any atom is 0 e. The number of halogens is 4. The van der Waals surface area contributed by atoms with Gasteiger partial charge in [0, 0.05) is 54.3 Å². The Morgan fingerprint density at radius 3 is 1.54 bits per heavy atom. The van der Waals surface area contributed by atoms with Crippen LogP contribution in [0.15, 0.2) is 41.0 Å². The summed E-state index contributed by atoms with van der Waals surface area (Å²) in [5.41, 5.74) is -0.444. The molecule has 16 heteroatoms. The van der Waals surface area contributed by atoms with Crippen molar-refractivity contribution in [3.63, 3.8) is 0 Å². The second kappa shape index (κ2) is 25.8. The number of pyridine rings is 2. The monoisotopic (exact) mass is 1190 g/mol. The Balaban J connectivity index is 0.000000400. The Bertz CT molecular complexity index is 1470. The Labute approximate surface area is 373 Å². The summed E-state index contributed by atoms with van der Waals surface area (Å²) in [5, 5.41) is 5.52. The number of rotatable bonds is 5. The summed E-state index contributed by atoms with van der Waals surface area (Å²) in [5.74, 6) is 1.74. The normalized spacial score (nSPS) is 17.0. The number of likely N-dealkylation sites (tertiary alicyclic amines) is 3. The van der Waals surface area contributed by atoms with Crippen LogP contribution in [0.4, 0.5) is 11.6 Å². The number of ketones is 1. The van der Waals surface area contributed by atoms with Gasteiger partial charge in [-0.25, -0.2) is 9.97 Å². The van der Waals surface area contributed by atoms with Crippen molar-refractivity contribution in [1.82, 2.24) is 24.7 Å². The van der Waals surface area contributed by atoms with Gasteiger partial charge in [0.2, 0.25) is 17.7 Å². The Morgan fingerprint density at radius 1 is 0.704 bits per heavy atom. The Kier molecular flexibility index (Phi) is 24.7. The molecule has 1 radical (unpaired) electrons. The van der Waals surface area contributed by atoms with Crippen LogP contribution in [0.1, 0.15) is 90.6 Å². The van der Waals surface area contributed by atoms with Gasteiger partial charge in [-0.1, -0.05) is 53.7 Å². The van der Waals surface area contributed by atoms with Crippen molar-refractivity contribution < 1.29 is 51.0 Å². The summed E-state index contributed by atoms with van der Waals surface area (Å²) < 4.78 is 0.712. The summed E-state index contributed by atoms with van der Waals surface area (Å²) in [6.45, 7) is 17.2. The summed E-state index contributed by atoms with van der Waals surface area (Å²) >= 11 is 8.54. The van der Waals surface area contributed by atoms with Crippen LogP contribution in [0, 0.1) is 22.7 Å². The first-order chi connectivity index (χ1) is 24.8. The molecule has 3 aliphatic rings. The molecule has 0 aliphatic carbocycles. The van der Waals surface area contributed by atoms with Gasteiger partial charge < -0.3 is 25.3 Å². The third kappa shape index (κ3) is 19.3. The predicted octanol–water partition coefficient (Wildman–Crippen LogP) is 5.14. The minimum atomic E-state index is -0.490. The minimum Gasteiger partial charge on any atom is 0 e. The van der Waals surface area contributed by atoms with E-state index in [0.29, 0.717) is 47.0 Å². The number of anilines is 2. The Hall–Kier alpha value is -0.446. The fourth-order valence-corrected chi connectivity index (χ4v) is 6.00. The van der Waals surface area contributed by atoms with Gasteiger partial charge in [-0.05, 0) is 119 Å². The standard InChI is InChI=1S/C17H25N3O2.C11H20N2O.C10H13BrN2O.I3.V/c1-17(2,3)16(22)19-14-7-5-6-13(18-14)15(21)12-8-10-20(4)11-9-12;1-12-8-4-10(5-9-12)11(14)13-6-2-3-7-13;1-10(2,3)9(14)13-8-6-4-5-7(11)12-8;1-3-2;/h5-7,12H,8-11H2,1-4H3,(H,18,19,22);10H,2-9H2,1H3;4-6H,1-3H3,(H,12,13,14);;/q;;;-1;. The molecule has 0 aromatic carbocycles. The number of hydrogen-bond acceptors (Lipinski definition) is 8. The molecule has 0 atom stereocenters. The van der Waals surface area contributed by atoms with Crippen molar-refractivity contribution in [2.24, 2.45) is 22.7 Å². The molecule has 2 aromatic heterocycles. The van der Waals surface area contributed by atoms with Gasteiger partial charge in [0.25, 0.3) is 0 Å². The van der Waals surface area contributed by atoms with Crippen molar-refractivity contribution in [2.75, 3.05) is 64.0 Å². The Morgan fingerprint density at radius 2 is 1.11 bits per heavy atom. The molecule has 54 heavy (non-hydrogen) atoms. The minimum absolute atomic E-state index is 0. The molecule has 11 nitrogen and oxygen atoms in total. The topological polar surface area (TPSA) is 128 Å². The molecule has 3 fully saturated rings.